The highest BCUT2D eigenvalue weighted by atomic mass is 16.3. The van der Waals surface area contributed by atoms with Crippen LogP contribution in [-0.4, -0.2) is 23.8 Å². The number of hydrogen-bond donors (Lipinski definition) is 2. The molecule has 4 unspecified atom stereocenters. The molecule has 16 heavy (non-hydrogen) atoms. The van der Waals surface area contributed by atoms with Crippen LogP contribution in [0.25, 0.3) is 0 Å². The van der Waals surface area contributed by atoms with E-state index in [1.54, 1.807) is 0 Å². The predicted octanol–water partition coefficient (Wildman–Crippen LogP) is 2.56. The third kappa shape index (κ3) is 3.21. The summed E-state index contributed by atoms with van der Waals surface area (Å²) in [6.07, 6.45) is 7.46. The molecule has 2 N–H and O–H groups in total. The van der Waals surface area contributed by atoms with Crippen molar-refractivity contribution in [1.82, 2.24) is 5.32 Å². The first-order valence-electron chi connectivity index (χ1n) is 7.06. The minimum atomic E-state index is -0.0362. The molecule has 94 valence electrons. The zero-order chi connectivity index (χ0) is 11.5. The highest BCUT2D eigenvalue weighted by Crippen LogP contribution is 2.29. The van der Waals surface area contributed by atoms with E-state index in [1.807, 2.05) is 0 Å². The largest absolute Gasteiger partial charge is 0.393 e. The van der Waals surface area contributed by atoms with Gasteiger partial charge in [-0.15, -0.1) is 0 Å². The van der Waals surface area contributed by atoms with Crippen molar-refractivity contribution in [3.63, 3.8) is 0 Å². The number of nitrogens with one attached hydrogen (secondary N) is 1. The Bertz CT molecular complexity index is 209. The highest BCUT2D eigenvalue weighted by molar-refractivity contribution is 4.83. The van der Waals surface area contributed by atoms with Crippen LogP contribution in [0.15, 0.2) is 0 Å². The second-order valence-corrected chi connectivity index (χ2v) is 6.28. The quantitative estimate of drug-likeness (QED) is 0.773. The number of aliphatic hydroxyl groups is 1. The Morgan fingerprint density at radius 2 is 1.75 bits per heavy atom. The molecule has 2 aliphatic carbocycles. The van der Waals surface area contributed by atoms with Crippen molar-refractivity contribution in [2.24, 2.45) is 17.8 Å². The van der Waals surface area contributed by atoms with Crippen molar-refractivity contribution in [1.29, 1.82) is 0 Å². The lowest BCUT2D eigenvalue weighted by atomic mass is 9.80. The molecule has 0 bridgehead atoms. The van der Waals surface area contributed by atoms with Crippen molar-refractivity contribution < 1.29 is 5.11 Å². The summed E-state index contributed by atoms with van der Waals surface area (Å²) in [4.78, 5) is 0. The Morgan fingerprint density at radius 1 is 1.06 bits per heavy atom. The molecule has 2 heteroatoms. The summed E-state index contributed by atoms with van der Waals surface area (Å²) in [7, 11) is 0. The summed E-state index contributed by atoms with van der Waals surface area (Å²) in [5.41, 5.74) is 0. The first-order chi connectivity index (χ1) is 7.65. The van der Waals surface area contributed by atoms with E-state index >= 15 is 0 Å². The van der Waals surface area contributed by atoms with Crippen LogP contribution in [0.1, 0.15) is 52.4 Å². The first kappa shape index (κ1) is 12.4. The van der Waals surface area contributed by atoms with Crippen LogP contribution < -0.4 is 5.32 Å². The summed E-state index contributed by atoms with van der Waals surface area (Å²) < 4.78 is 0. The van der Waals surface area contributed by atoms with E-state index in [0.29, 0.717) is 12.0 Å². The minimum Gasteiger partial charge on any atom is -0.393 e. The molecule has 2 aliphatic rings. The molecule has 2 rings (SSSR count). The SMILES string of the molecule is CC1CC(C)CC(NCC2CCCC2O)C1. The first-order valence-corrected chi connectivity index (χ1v) is 7.06. The summed E-state index contributed by atoms with van der Waals surface area (Å²) >= 11 is 0. The van der Waals surface area contributed by atoms with Gasteiger partial charge in [0.1, 0.15) is 0 Å². The van der Waals surface area contributed by atoms with Gasteiger partial charge in [-0.2, -0.15) is 0 Å². The fourth-order valence-electron chi connectivity index (χ4n) is 3.69. The van der Waals surface area contributed by atoms with E-state index in [0.717, 1.165) is 24.8 Å². The Morgan fingerprint density at radius 3 is 2.31 bits per heavy atom. The molecular weight excluding hydrogens is 198 g/mol. The van der Waals surface area contributed by atoms with Crippen LogP contribution in [0.4, 0.5) is 0 Å². The van der Waals surface area contributed by atoms with Crippen molar-refractivity contribution in [2.45, 2.75) is 64.5 Å². The Kier molecular flexibility index (Phi) is 4.26. The lowest BCUT2D eigenvalue weighted by Gasteiger charge is -2.33. The van der Waals surface area contributed by atoms with E-state index in [1.165, 1.54) is 32.1 Å². The maximum atomic E-state index is 9.78. The normalized spacial score (nSPS) is 44.8. The molecule has 0 saturated heterocycles. The van der Waals surface area contributed by atoms with Gasteiger partial charge < -0.3 is 10.4 Å². The topological polar surface area (TPSA) is 32.3 Å². The molecule has 2 fully saturated rings. The van der Waals surface area contributed by atoms with E-state index in [2.05, 4.69) is 19.2 Å². The minimum absolute atomic E-state index is 0.0362. The van der Waals surface area contributed by atoms with Gasteiger partial charge in [0.2, 0.25) is 0 Å². The molecular formula is C14H27NO. The molecule has 0 aromatic heterocycles. The van der Waals surface area contributed by atoms with Crippen LogP contribution in [0.3, 0.4) is 0 Å². The van der Waals surface area contributed by atoms with Gasteiger partial charge in [0.25, 0.3) is 0 Å². The predicted molar refractivity (Wildman–Crippen MR) is 67.3 cm³/mol. The molecule has 0 aromatic rings. The summed E-state index contributed by atoms with van der Waals surface area (Å²) in [5, 5.41) is 13.5. The zero-order valence-electron chi connectivity index (χ0n) is 10.8. The highest BCUT2D eigenvalue weighted by Gasteiger charge is 2.28. The van der Waals surface area contributed by atoms with Crippen LogP contribution in [0, 0.1) is 17.8 Å². The van der Waals surface area contributed by atoms with Gasteiger partial charge in [0.05, 0.1) is 6.10 Å². The van der Waals surface area contributed by atoms with Gasteiger partial charge in [-0.25, -0.2) is 0 Å². The average Bonchev–Trinajstić information content (AvgIpc) is 2.59. The van der Waals surface area contributed by atoms with Gasteiger partial charge in [-0.05, 0) is 49.9 Å². The second-order valence-electron chi connectivity index (χ2n) is 6.28. The van der Waals surface area contributed by atoms with Gasteiger partial charge in [-0.3, -0.25) is 0 Å². The van der Waals surface area contributed by atoms with Gasteiger partial charge >= 0.3 is 0 Å². The van der Waals surface area contributed by atoms with Crippen LogP contribution in [0.5, 0.6) is 0 Å². The van der Waals surface area contributed by atoms with E-state index in [4.69, 9.17) is 0 Å². The van der Waals surface area contributed by atoms with Crippen molar-refractivity contribution in [3.05, 3.63) is 0 Å². The Hall–Kier alpha value is -0.0800. The molecule has 0 aromatic carbocycles. The second kappa shape index (κ2) is 5.50. The zero-order valence-corrected chi connectivity index (χ0v) is 10.8. The maximum absolute atomic E-state index is 9.78. The number of aliphatic hydroxyl groups excluding tert-OH is 1. The fourth-order valence-corrected chi connectivity index (χ4v) is 3.69. The lowest BCUT2D eigenvalue weighted by Crippen LogP contribution is -2.40. The molecule has 0 spiro atoms. The van der Waals surface area contributed by atoms with E-state index in [-0.39, 0.29) is 6.10 Å². The van der Waals surface area contributed by atoms with E-state index in [9.17, 15) is 5.11 Å². The Labute approximate surface area is 99.8 Å². The van der Waals surface area contributed by atoms with Gasteiger partial charge in [0.15, 0.2) is 0 Å². The molecule has 4 atom stereocenters. The molecule has 2 nitrogen and oxygen atoms in total. The third-order valence-electron chi connectivity index (χ3n) is 4.47. The molecule has 0 radical (unpaired) electrons. The molecule has 0 amide bonds. The smallest absolute Gasteiger partial charge is 0.0580 e. The Balaban J connectivity index is 1.72. The van der Waals surface area contributed by atoms with E-state index < -0.39 is 0 Å². The van der Waals surface area contributed by atoms with Crippen LogP contribution in [0.2, 0.25) is 0 Å². The van der Waals surface area contributed by atoms with Crippen molar-refractivity contribution in [3.8, 4) is 0 Å². The van der Waals surface area contributed by atoms with Gasteiger partial charge in [-0.1, -0.05) is 20.3 Å². The summed E-state index contributed by atoms with van der Waals surface area (Å²) in [5.74, 6) is 2.26. The van der Waals surface area contributed by atoms with Crippen molar-refractivity contribution in [2.75, 3.05) is 6.54 Å². The molecule has 2 saturated carbocycles. The number of hydrogen-bond acceptors (Lipinski definition) is 2. The summed E-state index contributed by atoms with van der Waals surface area (Å²) in [6.45, 7) is 5.77. The maximum Gasteiger partial charge on any atom is 0.0580 e. The van der Waals surface area contributed by atoms with Crippen LogP contribution >= 0.6 is 0 Å². The fraction of sp³-hybridized carbons (Fsp3) is 1.00. The lowest BCUT2D eigenvalue weighted by molar-refractivity contribution is 0.125. The van der Waals surface area contributed by atoms with Crippen LogP contribution in [-0.2, 0) is 0 Å². The summed E-state index contributed by atoms with van der Waals surface area (Å²) in [6, 6.07) is 0.701. The molecule has 0 aliphatic heterocycles. The third-order valence-corrected chi connectivity index (χ3v) is 4.47. The standard InChI is InChI=1S/C14H27NO/c1-10-6-11(2)8-13(7-10)15-9-12-4-3-5-14(12)16/h10-16H,3-9H2,1-2H3. The van der Waals surface area contributed by atoms with Crippen molar-refractivity contribution >= 4 is 0 Å². The molecule has 0 heterocycles. The van der Waals surface area contributed by atoms with Gasteiger partial charge in [0, 0.05) is 12.6 Å². The number of rotatable bonds is 3. The average molecular weight is 225 g/mol. The monoisotopic (exact) mass is 225 g/mol.